The minimum absolute atomic E-state index is 0.0501. The number of hydrogen-bond donors (Lipinski definition) is 2. The highest BCUT2D eigenvalue weighted by atomic mass is 32.1. The van der Waals surface area contributed by atoms with Crippen molar-refractivity contribution < 1.29 is 14.3 Å². The number of nitrogens with one attached hydrogen (secondary N) is 1. The minimum Gasteiger partial charge on any atom is -0.475 e. The largest absolute Gasteiger partial charge is 0.475 e. The summed E-state index contributed by atoms with van der Waals surface area (Å²) in [5.41, 5.74) is 2.00. The van der Waals surface area contributed by atoms with Crippen LogP contribution in [-0.2, 0) is 6.54 Å². The van der Waals surface area contributed by atoms with Gasteiger partial charge in [0, 0.05) is 22.8 Å². The fourth-order valence-corrected chi connectivity index (χ4v) is 2.52. The Hall–Kier alpha value is -2.60. The van der Waals surface area contributed by atoms with Crippen molar-refractivity contribution in [3.05, 3.63) is 59.5 Å². The SMILES string of the molecule is O=C(O)c1ccc(CNc2ccc(-c3nccs3)cc2)o1. The lowest BCUT2D eigenvalue weighted by atomic mass is 10.2. The van der Waals surface area contributed by atoms with Crippen LogP contribution < -0.4 is 5.32 Å². The van der Waals surface area contributed by atoms with E-state index in [0.29, 0.717) is 12.3 Å². The highest BCUT2D eigenvalue weighted by molar-refractivity contribution is 7.13. The quantitative estimate of drug-likeness (QED) is 0.751. The molecule has 21 heavy (non-hydrogen) atoms. The molecule has 0 saturated carbocycles. The molecule has 0 aliphatic carbocycles. The summed E-state index contributed by atoms with van der Waals surface area (Å²) in [6.45, 7) is 0.434. The summed E-state index contributed by atoms with van der Waals surface area (Å²) in [6, 6.07) is 11.0. The first-order valence-corrected chi connectivity index (χ1v) is 7.16. The molecule has 0 atom stereocenters. The van der Waals surface area contributed by atoms with E-state index < -0.39 is 5.97 Å². The third-order valence-electron chi connectivity index (χ3n) is 2.90. The summed E-state index contributed by atoms with van der Waals surface area (Å²) < 4.78 is 5.18. The van der Waals surface area contributed by atoms with Gasteiger partial charge in [0.1, 0.15) is 10.8 Å². The Labute approximate surface area is 124 Å². The number of rotatable bonds is 5. The van der Waals surface area contributed by atoms with Crippen LogP contribution in [0, 0.1) is 0 Å². The zero-order chi connectivity index (χ0) is 14.7. The lowest BCUT2D eigenvalue weighted by Crippen LogP contribution is -1.98. The van der Waals surface area contributed by atoms with Crippen LogP contribution in [0.3, 0.4) is 0 Å². The molecule has 0 bridgehead atoms. The summed E-state index contributed by atoms with van der Waals surface area (Å²) in [5.74, 6) is -0.531. The molecule has 0 aliphatic heterocycles. The van der Waals surface area contributed by atoms with E-state index in [-0.39, 0.29) is 5.76 Å². The topological polar surface area (TPSA) is 75.4 Å². The van der Waals surface area contributed by atoms with Crippen molar-refractivity contribution in [2.45, 2.75) is 6.54 Å². The molecule has 0 aliphatic rings. The third-order valence-corrected chi connectivity index (χ3v) is 3.73. The van der Waals surface area contributed by atoms with Crippen LogP contribution in [0.2, 0.25) is 0 Å². The lowest BCUT2D eigenvalue weighted by molar-refractivity contribution is 0.0660. The molecule has 2 heterocycles. The maximum absolute atomic E-state index is 10.7. The van der Waals surface area contributed by atoms with Gasteiger partial charge in [-0.3, -0.25) is 0 Å². The number of nitrogens with zero attached hydrogens (tertiary/aromatic N) is 1. The highest BCUT2D eigenvalue weighted by Gasteiger charge is 2.08. The first kappa shape index (κ1) is 13.4. The monoisotopic (exact) mass is 300 g/mol. The number of thiazole rings is 1. The molecule has 106 valence electrons. The molecule has 1 aromatic carbocycles. The van der Waals surface area contributed by atoms with E-state index in [1.165, 1.54) is 6.07 Å². The smallest absolute Gasteiger partial charge is 0.371 e. The number of carboxylic acids is 1. The summed E-state index contributed by atoms with van der Waals surface area (Å²) in [4.78, 5) is 15.0. The number of aromatic nitrogens is 1. The molecule has 0 saturated heterocycles. The van der Waals surface area contributed by atoms with Gasteiger partial charge in [0.25, 0.3) is 0 Å². The van der Waals surface area contributed by atoms with Crippen LogP contribution >= 0.6 is 11.3 Å². The normalized spacial score (nSPS) is 10.5. The van der Waals surface area contributed by atoms with E-state index in [0.717, 1.165) is 16.3 Å². The van der Waals surface area contributed by atoms with Gasteiger partial charge in [0.05, 0.1) is 6.54 Å². The predicted octanol–water partition coefficient (Wildman–Crippen LogP) is 3.71. The maximum atomic E-state index is 10.7. The van der Waals surface area contributed by atoms with Gasteiger partial charge in [-0.25, -0.2) is 9.78 Å². The van der Waals surface area contributed by atoms with E-state index in [9.17, 15) is 4.79 Å². The molecule has 0 unspecified atom stereocenters. The second-order valence-corrected chi connectivity index (χ2v) is 5.23. The second-order valence-electron chi connectivity index (χ2n) is 4.34. The number of anilines is 1. The zero-order valence-corrected chi connectivity index (χ0v) is 11.8. The Kier molecular flexibility index (Phi) is 3.70. The van der Waals surface area contributed by atoms with E-state index in [1.54, 1.807) is 23.6 Å². The number of hydrogen-bond acceptors (Lipinski definition) is 5. The van der Waals surface area contributed by atoms with Crippen LogP contribution in [0.4, 0.5) is 5.69 Å². The third kappa shape index (κ3) is 3.11. The van der Waals surface area contributed by atoms with Gasteiger partial charge in [-0.1, -0.05) is 0 Å². The van der Waals surface area contributed by atoms with Crippen molar-refractivity contribution in [3.63, 3.8) is 0 Å². The Bertz CT molecular complexity index is 733. The number of carboxylic acid groups (broad SMARTS) is 1. The van der Waals surface area contributed by atoms with Crippen LogP contribution in [-0.4, -0.2) is 16.1 Å². The molecule has 2 N–H and O–H groups in total. The van der Waals surface area contributed by atoms with Crippen LogP contribution in [0.1, 0.15) is 16.3 Å². The van der Waals surface area contributed by atoms with E-state index in [4.69, 9.17) is 9.52 Å². The fourth-order valence-electron chi connectivity index (χ4n) is 1.87. The molecular weight excluding hydrogens is 288 g/mol. The second kappa shape index (κ2) is 5.80. The van der Waals surface area contributed by atoms with Crippen LogP contribution in [0.25, 0.3) is 10.6 Å². The van der Waals surface area contributed by atoms with E-state index >= 15 is 0 Å². The van der Waals surface area contributed by atoms with Crippen molar-refractivity contribution in [2.75, 3.05) is 5.32 Å². The Morgan fingerprint density at radius 1 is 1.24 bits per heavy atom. The summed E-state index contributed by atoms with van der Waals surface area (Å²) in [7, 11) is 0. The average molecular weight is 300 g/mol. The molecule has 0 spiro atoms. The number of furan rings is 1. The number of aromatic carboxylic acids is 1. The van der Waals surface area contributed by atoms with Crippen molar-refractivity contribution >= 4 is 23.0 Å². The Morgan fingerprint density at radius 2 is 2.05 bits per heavy atom. The molecule has 6 heteroatoms. The van der Waals surface area contributed by atoms with Gasteiger partial charge >= 0.3 is 5.97 Å². The Morgan fingerprint density at radius 3 is 2.67 bits per heavy atom. The van der Waals surface area contributed by atoms with E-state index in [2.05, 4.69) is 10.3 Å². The van der Waals surface area contributed by atoms with E-state index in [1.807, 2.05) is 29.6 Å². The van der Waals surface area contributed by atoms with Crippen molar-refractivity contribution in [1.82, 2.24) is 4.98 Å². The molecule has 5 nitrogen and oxygen atoms in total. The van der Waals surface area contributed by atoms with Gasteiger partial charge in [0.2, 0.25) is 5.76 Å². The number of benzene rings is 1. The molecule has 2 aromatic heterocycles. The maximum Gasteiger partial charge on any atom is 0.371 e. The molecule has 0 radical (unpaired) electrons. The van der Waals surface area contributed by atoms with Crippen LogP contribution in [0.15, 0.2) is 52.4 Å². The van der Waals surface area contributed by atoms with Gasteiger partial charge in [0.15, 0.2) is 0 Å². The van der Waals surface area contributed by atoms with Crippen molar-refractivity contribution in [3.8, 4) is 10.6 Å². The van der Waals surface area contributed by atoms with Gasteiger partial charge in [-0.15, -0.1) is 11.3 Å². The molecule has 0 amide bonds. The summed E-state index contributed by atoms with van der Waals surface area (Å²) in [6.07, 6.45) is 1.78. The molecule has 3 rings (SSSR count). The molecule has 0 fully saturated rings. The zero-order valence-electron chi connectivity index (χ0n) is 10.9. The predicted molar refractivity (Wildman–Crippen MR) is 80.5 cm³/mol. The van der Waals surface area contributed by atoms with Crippen molar-refractivity contribution in [2.24, 2.45) is 0 Å². The average Bonchev–Trinajstić information content (AvgIpc) is 3.17. The standard InChI is InChI=1S/C15H12N2O3S/c18-15(19)13-6-5-12(20-13)9-17-11-3-1-10(2-4-11)14-16-7-8-21-14/h1-8,17H,9H2,(H,18,19). The lowest BCUT2D eigenvalue weighted by Gasteiger charge is -2.05. The highest BCUT2D eigenvalue weighted by Crippen LogP contribution is 2.23. The van der Waals surface area contributed by atoms with Gasteiger partial charge < -0.3 is 14.8 Å². The Balaban J connectivity index is 1.64. The van der Waals surface area contributed by atoms with Gasteiger partial charge in [-0.05, 0) is 36.4 Å². The minimum atomic E-state index is -1.06. The van der Waals surface area contributed by atoms with Crippen LogP contribution in [0.5, 0.6) is 0 Å². The first-order chi connectivity index (χ1) is 10.2. The summed E-state index contributed by atoms with van der Waals surface area (Å²) >= 11 is 1.60. The number of carbonyl (C=O) groups is 1. The molecular formula is C15H12N2O3S. The first-order valence-electron chi connectivity index (χ1n) is 6.28. The fraction of sp³-hybridized carbons (Fsp3) is 0.0667. The summed E-state index contributed by atoms with van der Waals surface area (Å²) in [5, 5.41) is 14.9. The van der Waals surface area contributed by atoms with Gasteiger partial charge in [-0.2, -0.15) is 0 Å². The molecule has 3 aromatic rings. The van der Waals surface area contributed by atoms with Crippen molar-refractivity contribution in [1.29, 1.82) is 0 Å².